The second-order valence-corrected chi connectivity index (χ2v) is 7.87. The molecule has 0 radical (unpaired) electrons. The first-order valence-electron chi connectivity index (χ1n) is 10.8. The molecule has 2 aromatic carbocycles. The molecule has 1 aliphatic carbocycles. The fourth-order valence-electron chi connectivity index (χ4n) is 4.41. The standard InChI is InChI=1S/C26H31NO3/c1-5-11-19(6-2)23-18(4)12-10-15-22(23)24(28)27-26(25(29)30-7-3)16-20-13-8-9-14-21(20)17-26/h8-15H,5-7,16-17H2,1-4H3,(H,27,28)/b19-11-. The summed E-state index contributed by atoms with van der Waals surface area (Å²) < 4.78 is 5.39. The van der Waals surface area contributed by atoms with Crippen molar-refractivity contribution in [3.05, 3.63) is 76.4 Å². The Bertz CT molecular complexity index is 949. The van der Waals surface area contributed by atoms with Crippen LogP contribution in [-0.2, 0) is 22.4 Å². The number of amides is 1. The maximum atomic E-state index is 13.5. The molecule has 0 saturated carbocycles. The fourth-order valence-corrected chi connectivity index (χ4v) is 4.41. The van der Waals surface area contributed by atoms with Crippen molar-refractivity contribution in [2.45, 2.75) is 58.9 Å². The summed E-state index contributed by atoms with van der Waals surface area (Å²) in [4.78, 5) is 26.5. The number of benzene rings is 2. The van der Waals surface area contributed by atoms with E-state index in [1.54, 1.807) is 6.92 Å². The summed E-state index contributed by atoms with van der Waals surface area (Å²) in [6.07, 6.45) is 4.81. The number of aryl methyl sites for hydroxylation is 1. The summed E-state index contributed by atoms with van der Waals surface area (Å²) in [6.45, 7) is 8.29. The van der Waals surface area contributed by atoms with Gasteiger partial charge in [-0.05, 0) is 60.6 Å². The molecular weight excluding hydrogens is 374 g/mol. The highest BCUT2D eigenvalue weighted by molar-refractivity contribution is 6.02. The molecule has 0 heterocycles. The van der Waals surface area contributed by atoms with Crippen molar-refractivity contribution in [2.75, 3.05) is 6.61 Å². The highest BCUT2D eigenvalue weighted by Gasteiger charge is 2.46. The number of hydrogen-bond donors (Lipinski definition) is 1. The number of carbonyl (C=O) groups excluding carboxylic acids is 2. The molecule has 30 heavy (non-hydrogen) atoms. The fraction of sp³-hybridized carbons (Fsp3) is 0.385. The highest BCUT2D eigenvalue weighted by atomic mass is 16.5. The normalized spacial score (nSPS) is 14.9. The monoisotopic (exact) mass is 405 g/mol. The molecule has 0 spiro atoms. The van der Waals surface area contributed by atoms with Crippen LogP contribution in [-0.4, -0.2) is 24.0 Å². The summed E-state index contributed by atoms with van der Waals surface area (Å²) in [6, 6.07) is 13.7. The molecule has 2 aromatic rings. The molecule has 0 bridgehead atoms. The lowest BCUT2D eigenvalue weighted by molar-refractivity contribution is -0.150. The molecule has 1 N–H and O–H groups in total. The molecule has 1 amide bonds. The van der Waals surface area contributed by atoms with Gasteiger partial charge in [0, 0.05) is 18.4 Å². The van der Waals surface area contributed by atoms with Crippen molar-refractivity contribution in [3.63, 3.8) is 0 Å². The maximum Gasteiger partial charge on any atom is 0.332 e. The molecule has 158 valence electrons. The van der Waals surface area contributed by atoms with Gasteiger partial charge >= 0.3 is 5.97 Å². The van der Waals surface area contributed by atoms with E-state index in [9.17, 15) is 9.59 Å². The minimum absolute atomic E-state index is 0.231. The number of esters is 1. The van der Waals surface area contributed by atoms with Crippen LogP contribution in [0.3, 0.4) is 0 Å². The number of rotatable bonds is 7. The van der Waals surface area contributed by atoms with Crippen molar-refractivity contribution in [3.8, 4) is 0 Å². The Morgan fingerprint density at radius 3 is 2.27 bits per heavy atom. The zero-order chi connectivity index (χ0) is 21.7. The minimum Gasteiger partial charge on any atom is -0.464 e. The smallest absolute Gasteiger partial charge is 0.332 e. The van der Waals surface area contributed by atoms with E-state index in [0.717, 1.165) is 40.7 Å². The Balaban J connectivity index is 2.00. The average Bonchev–Trinajstić information content (AvgIpc) is 3.11. The second kappa shape index (κ2) is 9.29. The van der Waals surface area contributed by atoms with E-state index < -0.39 is 5.54 Å². The molecule has 0 aromatic heterocycles. The average molecular weight is 406 g/mol. The molecule has 0 atom stereocenters. The second-order valence-electron chi connectivity index (χ2n) is 7.87. The van der Waals surface area contributed by atoms with Gasteiger partial charge in [0.1, 0.15) is 5.54 Å². The van der Waals surface area contributed by atoms with Crippen LogP contribution in [0.15, 0.2) is 48.5 Å². The van der Waals surface area contributed by atoms with Crippen molar-refractivity contribution in [1.29, 1.82) is 0 Å². The van der Waals surface area contributed by atoms with Crippen LogP contribution in [0.1, 0.15) is 66.2 Å². The zero-order valence-corrected chi connectivity index (χ0v) is 18.4. The van der Waals surface area contributed by atoms with Gasteiger partial charge in [-0.3, -0.25) is 4.79 Å². The Hall–Kier alpha value is -2.88. The predicted molar refractivity (Wildman–Crippen MR) is 120 cm³/mol. The van der Waals surface area contributed by atoms with Gasteiger partial charge in [-0.1, -0.05) is 56.3 Å². The topological polar surface area (TPSA) is 55.4 Å². The van der Waals surface area contributed by atoms with Gasteiger partial charge < -0.3 is 10.1 Å². The Labute approximate surface area is 179 Å². The molecule has 4 heteroatoms. The van der Waals surface area contributed by atoms with Crippen LogP contribution < -0.4 is 5.32 Å². The third kappa shape index (κ3) is 4.18. The lowest BCUT2D eigenvalue weighted by atomic mass is 9.90. The van der Waals surface area contributed by atoms with Gasteiger partial charge in [0.2, 0.25) is 0 Å². The first kappa shape index (κ1) is 21.8. The summed E-state index contributed by atoms with van der Waals surface area (Å²) in [5.41, 5.74) is 4.87. The van der Waals surface area contributed by atoms with Crippen molar-refractivity contribution in [2.24, 2.45) is 0 Å². The predicted octanol–water partition coefficient (Wildman–Crippen LogP) is 5.03. The van der Waals surface area contributed by atoms with E-state index in [4.69, 9.17) is 4.74 Å². The molecule has 3 rings (SSSR count). The molecular formula is C26H31NO3. The van der Waals surface area contributed by atoms with E-state index in [1.165, 1.54) is 0 Å². The largest absolute Gasteiger partial charge is 0.464 e. The van der Waals surface area contributed by atoms with E-state index >= 15 is 0 Å². The zero-order valence-electron chi connectivity index (χ0n) is 18.4. The van der Waals surface area contributed by atoms with E-state index in [0.29, 0.717) is 18.4 Å². The molecule has 4 nitrogen and oxygen atoms in total. The Morgan fingerprint density at radius 2 is 1.70 bits per heavy atom. The van der Waals surface area contributed by atoms with Crippen LogP contribution in [0.5, 0.6) is 0 Å². The van der Waals surface area contributed by atoms with Gasteiger partial charge in [0.25, 0.3) is 5.91 Å². The maximum absolute atomic E-state index is 13.5. The van der Waals surface area contributed by atoms with E-state index in [1.807, 2.05) is 49.4 Å². The first-order valence-corrected chi connectivity index (χ1v) is 10.8. The molecule has 0 fully saturated rings. The lowest BCUT2D eigenvalue weighted by Gasteiger charge is -2.28. The number of fused-ring (bicyclic) bond motifs is 1. The molecule has 0 aliphatic heterocycles. The van der Waals surface area contributed by atoms with E-state index in [2.05, 4.69) is 25.2 Å². The number of allylic oxidation sites excluding steroid dienone is 2. The van der Waals surface area contributed by atoms with Crippen molar-refractivity contribution >= 4 is 17.4 Å². The van der Waals surface area contributed by atoms with Gasteiger partial charge in [0.15, 0.2) is 0 Å². The van der Waals surface area contributed by atoms with Crippen LogP contribution in [0.4, 0.5) is 0 Å². The van der Waals surface area contributed by atoms with Crippen LogP contribution in [0, 0.1) is 6.92 Å². The minimum atomic E-state index is -1.07. The molecule has 0 saturated heterocycles. The van der Waals surface area contributed by atoms with Crippen LogP contribution in [0.2, 0.25) is 0 Å². The van der Waals surface area contributed by atoms with Crippen molar-refractivity contribution in [1.82, 2.24) is 5.32 Å². The third-order valence-corrected chi connectivity index (χ3v) is 5.79. The van der Waals surface area contributed by atoms with Gasteiger partial charge in [-0.15, -0.1) is 0 Å². The summed E-state index contributed by atoms with van der Waals surface area (Å²) in [5, 5.41) is 3.09. The molecule has 1 aliphatic rings. The number of nitrogens with one attached hydrogen (secondary N) is 1. The Morgan fingerprint density at radius 1 is 1.03 bits per heavy atom. The number of carbonyl (C=O) groups is 2. The number of ether oxygens (including phenoxy) is 1. The van der Waals surface area contributed by atoms with Gasteiger partial charge in [-0.2, -0.15) is 0 Å². The summed E-state index contributed by atoms with van der Waals surface area (Å²) >= 11 is 0. The van der Waals surface area contributed by atoms with Crippen molar-refractivity contribution < 1.29 is 14.3 Å². The first-order chi connectivity index (χ1) is 14.5. The van der Waals surface area contributed by atoms with Crippen LogP contribution >= 0.6 is 0 Å². The third-order valence-electron chi connectivity index (χ3n) is 5.79. The molecule has 0 unspecified atom stereocenters. The lowest BCUT2D eigenvalue weighted by Crippen LogP contribution is -2.56. The Kier molecular flexibility index (Phi) is 6.76. The van der Waals surface area contributed by atoms with Gasteiger partial charge in [0.05, 0.1) is 6.61 Å². The summed E-state index contributed by atoms with van der Waals surface area (Å²) in [7, 11) is 0. The highest BCUT2D eigenvalue weighted by Crippen LogP contribution is 2.33. The quantitative estimate of drug-likeness (QED) is 0.658. The number of hydrogen-bond acceptors (Lipinski definition) is 3. The van der Waals surface area contributed by atoms with E-state index in [-0.39, 0.29) is 18.5 Å². The SMILES string of the molecule is CC/C=C(/CC)c1c(C)cccc1C(=O)NC1(C(=O)OCC)Cc2ccccc2C1. The van der Waals surface area contributed by atoms with Crippen LogP contribution in [0.25, 0.3) is 5.57 Å². The summed E-state index contributed by atoms with van der Waals surface area (Å²) in [5.74, 6) is -0.603. The van der Waals surface area contributed by atoms with Gasteiger partial charge in [-0.25, -0.2) is 4.79 Å².